The average molecular weight is 284 g/mol. The van der Waals surface area contributed by atoms with Crippen molar-refractivity contribution in [3.05, 3.63) is 21.9 Å². The van der Waals surface area contributed by atoms with Gasteiger partial charge in [0, 0.05) is 28.9 Å². The van der Waals surface area contributed by atoms with E-state index in [0.717, 1.165) is 4.88 Å². The van der Waals surface area contributed by atoms with Crippen LogP contribution >= 0.6 is 11.3 Å². The van der Waals surface area contributed by atoms with Gasteiger partial charge in [-0.05, 0) is 19.1 Å². The van der Waals surface area contributed by atoms with Crippen LogP contribution in [0.5, 0.6) is 0 Å². The molecule has 0 saturated heterocycles. The second-order valence-corrected chi connectivity index (χ2v) is 6.57. The van der Waals surface area contributed by atoms with E-state index in [2.05, 4.69) is 17.2 Å². The Bertz CT molecular complexity index is 500. The molecule has 1 aromatic rings. The van der Waals surface area contributed by atoms with Gasteiger partial charge in [0.2, 0.25) is 0 Å². The molecule has 0 spiro atoms. The fraction of sp³-hybridized carbons (Fsp3) is 0.417. The number of carbonyl (C=O) groups excluding carboxylic acids is 1. The van der Waals surface area contributed by atoms with Crippen LogP contribution in [0.2, 0.25) is 0 Å². The highest BCUT2D eigenvalue weighted by Gasteiger charge is 2.11. The summed E-state index contributed by atoms with van der Waals surface area (Å²) in [5, 5.41) is 2.70. The Morgan fingerprint density at radius 1 is 1.61 bits per heavy atom. The van der Waals surface area contributed by atoms with E-state index in [0.29, 0.717) is 18.0 Å². The maximum atomic E-state index is 11.8. The Morgan fingerprint density at radius 3 is 2.94 bits per heavy atom. The van der Waals surface area contributed by atoms with Crippen LogP contribution in [0.3, 0.4) is 0 Å². The van der Waals surface area contributed by atoms with E-state index in [1.165, 1.54) is 11.3 Å². The van der Waals surface area contributed by atoms with Gasteiger partial charge in [0.15, 0.2) is 0 Å². The Balaban J connectivity index is 2.57. The predicted molar refractivity (Wildman–Crippen MR) is 76.1 cm³/mol. The average Bonchev–Trinajstić information content (AvgIpc) is 2.81. The van der Waals surface area contributed by atoms with Gasteiger partial charge in [-0.1, -0.05) is 11.8 Å². The van der Waals surface area contributed by atoms with Gasteiger partial charge in [0.1, 0.15) is 0 Å². The van der Waals surface area contributed by atoms with E-state index >= 15 is 0 Å². The molecule has 2 atom stereocenters. The zero-order chi connectivity index (χ0) is 13.5. The minimum Gasteiger partial charge on any atom is -0.350 e. The van der Waals surface area contributed by atoms with E-state index in [4.69, 9.17) is 5.73 Å². The molecule has 0 fully saturated rings. The molecule has 0 saturated carbocycles. The molecule has 1 heterocycles. The van der Waals surface area contributed by atoms with Crippen LogP contribution in [-0.4, -0.2) is 34.7 Å². The van der Waals surface area contributed by atoms with E-state index in [9.17, 15) is 9.00 Å². The molecule has 0 aliphatic carbocycles. The monoisotopic (exact) mass is 284 g/mol. The number of nitrogens with two attached hydrogens (primary N) is 1. The van der Waals surface area contributed by atoms with Gasteiger partial charge in [-0.2, -0.15) is 0 Å². The van der Waals surface area contributed by atoms with Crippen molar-refractivity contribution in [2.24, 2.45) is 5.73 Å². The van der Waals surface area contributed by atoms with Crippen molar-refractivity contribution in [1.82, 2.24) is 5.32 Å². The molecule has 0 radical (unpaired) electrons. The summed E-state index contributed by atoms with van der Waals surface area (Å²) in [5.41, 5.74) is 5.28. The summed E-state index contributed by atoms with van der Waals surface area (Å²) in [6.07, 6.45) is 1.63. The van der Waals surface area contributed by atoms with Gasteiger partial charge >= 0.3 is 0 Å². The van der Waals surface area contributed by atoms with Crippen LogP contribution < -0.4 is 11.1 Å². The summed E-state index contributed by atoms with van der Waals surface area (Å²) in [7, 11) is -0.930. The quantitative estimate of drug-likeness (QED) is 0.793. The molecular weight excluding hydrogens is 268 g/mol. The first kappa shape index (κ1) is 14.9. The third-order valence-corrected chi connectivity index (χ3v) is 4.56. The third kappa shape index (κ3) is 4.61. The highest BCUT2D eigenvalue weighted by molar-refractivity contribution is 7.84. The number of carbonyl (C=O) groups is 1. The van der Waals surface area contributed by atoms with Crippen LogP contribution in [-0.2, 0) is 10.8 Å². The first-order valence-corrected chi connectivity index (χ1v) is 7.87. The zero-order valence-corrected chi connectivity index (χ0v) is 12.0. The van der Waals surface area contributed by atoms with E-state index < -0.39 is 10.8 Å². The van der Waals surface area contributed by atoms with Gasteiger partial charge < -0.3 is 11.1 Å². The van der Waals surface area contributed by atoms with Gasteiger partial charge in [-0.25, -0.2) is 0 Å². The summed E-state index contributed by atoms with van der Waals surface area (Å²) in [5.74, 6) is 5.46. The van der Waals surface area contributed by atoms with Crippen molar-refractivity contribution in [2.45, 2.75) is 12.2 Å². The van der Waals surface area contributed by atoms with Gasteiger partial charge in [-0.15, -0.1) is 11.3 Å². The lowest BCUT2D eigenvalue weighted by atomic mass is 10.4. The standard InChI is InChI=1S/C12H16N2O2S2/c1-9(18(2)16)8-14-12(15)11-6-5-10(17-11)4-3-7-13/h5-6,9H,7-8,13H2,1-2H3,(H,14,15). The Hall–Kier alpha value is -1.16. The van der Waals surface area contributed by atoms with E-state index in [1.54, 1.807) is 18.4 Å². The number of thiophene rings is 1. The maximum Gasteiger partial charge on any atom is 0.261 e. The van der Waals surface area contributed by atoms with Crippen molar-refractivity contribution in [3.8, 4) is 11.8 Å². The minimum absolute atomic E-state index is 0.0505. The lowest BCUT2D eigenvalue weighted by molar-refractivity contribution is 0.0958. The maximum absolute atomic E-state index is 11.8. The third-order valence-electron chi connectivity index (χ3n) is 2.26. The number of hydrogen-bond donors (Lipinski definition) is 2. The zero-order valence-electron chi connectivity index (χ0n) is 10.4. The van der Waals surface area contributed by atoms with Crippen molar-refractivity contribution in [3.63, 3.8) is 0 Å². The van der Waals surface area contributed by atoms with Crippen LogP contribution in [0.4, 0.5) is 0 Å². The molecule has 0 bridgehead atoms. The van der Waals surface area contributed by atoms with Gasteiger partial charge in [0.25, 0.3) is 5.91 Å². The molecule has 1 amide bonds. The van der Waals surface area contributed by atoms with Crippen molar-refractivity contribution >= 4 is 28.0 Å². The topological polar surface area (TPSA) is 72.2 Å². The molecular formula is C12H16N2O2S2. The summed E-state index contributed by atoms with van der Waals surface area (Å²) < 4.78 is 11.1. The highest BCUT2D eigenvalue weighted by atomic mass is 32.2. The molecule has 1 aromatic heterocycles. The van der Waals surface area contributed by atoms with Crippen molar-refractivity contribution in [2.75, 3.05) is 19.3 Å². The number of amides is 1. The van der Waals surface area contributed by atoms with Gasteiger partial charge in [0.05, 0.1) is 16.3 Å². The van der Waals surface area contributed by atoms with Crippen LogP contribution in [0, 0.1) is 11.8 Å². The molecule has 0 aliphatic rings. The molecule has 98 valence electrons. The first-order valence-electron chi connectivity index (χ1n) is 5.43. The lowest BCUT2D eigenvalue weighted by Crippen LogP contribution is -2.32. The second-order valence-electron chi connectivity index (χ2n) is 3.69. The van der Waals surface area contributed by atoms with Crippen LogP contribution in [0.1, 0.15) is 21.5 Å². The normalized spacial score (nSPS) is 13.3. The molecule has 0 aromatic carbocycles. The van der Waals surface area contributed by atoms with Crippen molar-refractivity contribution < 1.29 is 9.00 Å². The molecule has 4 nitrogen and oxygen atoms in total. The molecule has 18 heavy (non-hydrogen) atoms. The summed E-state index contributed by atoms with van der Waals surface area (Å²) in [6.45, 7) is 2.55. The van der Waals surface area contributed by atoms with Gasteiger partial charge in [-0.3, -0.25) is 9.00 Å². The second kappa shape index (κ2) is 7.31. The van der Waals surface area contributed by atoms with Crippen LogP contribution in [0.25, 0.3) is 0 Å². The highest BCUT2D eigenvalue weighted by Crippen LogP contribution is 2.15. The molecule has 3 N–H and O–H groups in total. The molecule has 2 unspecified atom stereocenters. The Labute approximate surface area is 113 Å². The molecule has 1 rings (SSSR count). The lowest BCUT2D eigenvalue weighted by Gasteiger charge is -2.08. The van der Waals surface area contributed by atoms with E-state index in [1.807, 2.05) is 6.92 Å². The smallest absolute Gasteiger partial charge is 0.261 e. The largest absolute Gasteiger partial charge is 0.350 e. The first-order chi connectivity index (χ1) is 8.54. The fourth-order valence-electron chi connectivity index (χ4n) is 1.11. The predicted octanol–water partition coefficient (Wildman–Crippen LogP) is 0.555. The van der Waals surface area contributed by atoms with Crippen molar-refractivity contribution in [1.29, 1.82) is 0 Å². The summed E-state index contributed by atoms with van der Waals surface area (Å²) in [4.78, 5) is 13.2. The number of rotatable bonds is 4. The SMILES string of the molecule is CC(CNC(=O)c1ccc(C#CCN)s1)S(C)=O. The Kier molecular flexibility index (Phi) is 6.05. The summed E-state index contributed by atoms with van der Waals surface area (Å²) in [6, 6.07) is 3.53. The van der Waals surface area contributed by atoms with Crippen LogP contribution in [0.15, 0.2) is 12.1 Å². The Morgan fingerprint density at radius 2 is 2.33 bits per heavy atom. The molecule has 6 heteroatoms. The fourth-order valence-corrected chi connectivity index (χ4v) is 2.22. The number of nitrogens with one attached hydrogen (secondary N) is 1. The van der Waals surface area contributed by atoms with E-state index in [-0.39, 0.29) is 11.2 Å². The summed E-state index contributed by atoms with van der Waals surface area (Å²) >= 11 is 1.32. The minimum atomic E-state index is -0.930. The number of hydrogen-bond acceptors (Lipinski definition) is 4. The molecule has 0 aliphatic heterocycles.